The van der Waals surface area contributed by atoms with Gasteiger partial charge in [-0.15, -0.1) is 11.3 Å². The van der Waals surface area contributed by atoms with Gasteiger partial charge in [-0.3, -0.25) is 0 Å². The van der Waals surface area contributed by atoms with Crippen molar-refractivity contribution in [3.8, 4) is 0 Å². The van der Waals surface area contributed by atoms with Gasteiger partial charge < -0.3 is 10.5 Å². The van der Waals surface area contributed by atoms with Crippen LogP contribution in [-0.2, 0) is 4.74 Å². The fourth-order valence-electron chi connectivity index (χ4n) is 1.99. The van der Waals surface area contributed by atoms with Crippen LogP contribution in [0.2, 0.25) is 0 Å². The van der Waals surface area contributed by atoms with Crippen molar-refractivity contribution < 1.29 is 4.74 Å². The molecule has 0 radical (unpaired) electrons. The first kappa shape index (κ1) is 10.1. The molecule has 0 amide bonds. The standard InChI is InChI=1S/C11H17NOS/c1-7-5-6-14-11(7)10(12)9-4-3-8(2)13-9/h5-6,8-10H,3-4,12H2,1-2H3. The first-order valence-corrected chi connectivity index (χ1v) is 6.01. The Morgan fingerprint density at radius 2 is 2.36 bits per heavy atom. The van der Waals surface area contributed by atoms with Crippen LogP contribution in [0.5, 0.6) is 0 Å². The van der Waals surface area contributed by atoms with Gasteiger partial charge >= 0.3 is 0 Å². The second kappa shape index (κ2) is 4.01. The first-order valence-electron chi connectivity index (χ1n) is 5.13. The van der Waals surface area contributed by atoms with E-state index in [0.717, 1.165) is 12.8 Å². The van der Waals surface area contributed by atoms with E-state index in [0.29, 0.717) is 6.10 Å². The van der Waals surface area contributed by atoms with Crippen molar-refractivity contribution in [1.82, 2.24) is 0 Å². The van der Waals surface area contributed by atoms with Gasteiger partial charge in [-0.2, -0.15) is 0 Å². The highest BCUT2D eigenvalue weighted by Crippen LogP contribution is 2.32. The summed E-state index contributed by atoms with van der Waals surface area (Å²) < 4.78 is 5.78. The highest BCUT2D eigenvalue weighted by atomic mass is 32.1. The zero-order chi connectivity index (χ0) is 10.1. The van der Waals surface area contributed by atoms with Gasteiger partial charge in [0.2, 0.25) is 0 Å². The maximum absolute atomic E-state index is 6.19. The van der Waals surface area contributed by atoms with Crippen LogP contribution in [0.3, 0.4) is 0 Å². The van der Waals surface area contributed by atoms with Gasteiger partial charge in [-0.05, 0) is 43.7 Å². The molecule has 0 aliphatic carbocycles. The minimum Gasteiger partial charge on any atom is -0.373 e. The molecule has 1 aromatic rings. The van der Waals surface area contributed by atoms with Crippen molar-refractivity contribution in [2.45, 2.75) is 44.9 Å². The summed E-state index contributed by atoms with van der Waals surface area (Å²) in [5.74, 6) is 0. The molecule has 78 valence electrons. The average Bonchev–Trinajstić information content (AvgIpc) is 2.73. The Hall–Kier alpha value is -0.380. The molecule has 1 fully saturated rings. The maximum Gasteiger partial charge on any atom is 0.0780 e. The molecular formula is C11H17NOS. The lowest BCUT2D eigenvalue weighted by Crippen LogP contribution is -2.26. The molecule has 0 saturated carbocycles. The van der Waals surface area contributed by atoms with E-state index in [9.17, 15) is 0 Å². The zero-order valence-electron chi connectivity index (χ0n) is 8.69. The molecule has 2 N–H and O–H groups in total. The number of hydrogen-bond acceptors (Lipinski definition) is 3. The van der Waals surface area contributed by atoms with E-state index in [1.54, 1.807) is 11.3 Å². The predicted molar refractivity (Wildman–Crippen MR) is 59.6 cm³/mol. The average molecular weight is 211 g/mol. The molecule has 3 atom stereocenters. The van der Waals surface area contributed by atoms with Crippen LogP contribution >= 0.6 is 11.3 Å². The Morgan fingerprint density at radius 3 is 2.86 bits per heavy atom. The maximum atomic E-state index is 6.19. The van der Waals surface area contributed by atoms with Crippen molar-refractivity contribution in [2.75, 3.05) is 0 Å². The van der Waals surface area contributed by atoms with E-state index in [2.05, 4.69) is 25.3 Å². The lowest BCUT2D eigenvalue weighted by atomic mass is 10.0. The second-order valence-electron chi connectivity index (χ2n) is 4.06. The van der Waals surface area contributed by atoms with Crippen LogP contribution in [0, 0.1) is 6.92 Å². The van der Waals surface area contributed by atoms with Crippen molar-refractivity contribution in [3.05, 3.63) is 21.9 Å². The van der Waals surface area contributed by atoms with E-state index in [4.69, 9.17) is 10.5 Å². The van der Waals surface area contributed by atoms with Crippen LogP contribution in [0.15, 0.2) is 11.4 Å². The molecule has 1 saturated heterocycles. The third-order valence-electron chi connectivity index (χ3n) is 2.87. The van der Waals surface area contributed by atoms with Gasteiger partial charge in [0.15, 0.2) is 0 Å². The minimum absolute atomic E-state index is 0.0694. The van der Waals surface area contributed by atoms with E-state index in [-0.39, 0.29) is 12.1 Å². The number of thiophene rings is 1. The van der Waals surface area contributed by atoms with E-state index in [1.165, 1.54) is 10.4 Å². The second-order valence-corrected chi connectivity index (χ2v) is 5.00. The Balaban J connectivity index is 2.09. The molecule has 2 nitrogen and oxygen atoms in total. The van der Waals surface area contributed by atoms with Crippen LogP contribution in [0.4, 0.5) is 0 Å². The van der Waals surface area contributed by atoms with Crippen molar-refractivity contribution in [3.63, 3.8) is 0 Å². The molecular weight excluding hydrogens is 194 g/mol. The lowest BCUT2D eigenvalue weighted by Gasteiger charge is -2.19. The van der Waals surface area contributed by atoms with Crippen LogP contribution in [0.25, 0.3) is 0 Å². The van der Waals surface area contributed by atoms with Crippen molar-refractivity contribution in [1.29, 1.82) is 0 Å². The van der Waals surface area contributed by atoms with Gasteiger partial charge in [-0.25, -0.2) is 0 Å². The highest BCUT2D eigenvalue weighted by molar-refractivity contribution is 7.10. The monoisotopic (exact) mass is 211 g/mol. The number of aryl methyl sites for hydroxylation is 1. The van der Waals surface area contributed by atoms with Gasteiger partial charge in [0.1, 0.15) is 0 Å². The Kier molecular flexibility index (Phi) is 2.91. The first-order chi connectivity index (χ1) is 6.68. The molecule has 1 aliphatic heterocycles. The summed E-state index contributed by atoms with van der Waals surface area (Å²) in [6, 6.07) is 2.19. The third kappa shape index (κ3) is 1.85. The molecule has 3 heteroatoms. The van der Waals surface area contributed by atoms with Crippen LogP contribution in [-0.4, -0.2) is 12.2 Å². The molecule has 0 aromatic carbocycles. The molecule has 1 aliphatic rings. The molecule has 1 aromatic heterocycles. The molecule has 3 unspecified atom stereocenters. The summed E-state index contributed by atoms with van der Waals surface area (Å²) in [5.41, 5.74) is 7.49. The smallest absolute Gasteiger partial charge is 0.0780 e. The molecule has 14 heavy (non-hydrogen) atoms. The summed E-state index contributed by atoms with van der Waals surface area (Å²) in [6.45, 7) is 4.23. The quantitative estimate of drug-likeness (QED) is 0.816. The summed E-state index contributed by atoms with van der Waals surface area (Å²) in [4.78, 5) is 1.28. The van der Waals surface area contributed by atoms with Gasteiger partial charge in [-0.1, -0.05) is 0 Å². The fraction of sp³-hybridized carbons (Fsp3) is 0.636. The summed E-state index contributed by atoms with van der Waals surface area (Å²) in [5, 5.41) is 2.10. The summed E-state index contributed by atoms with van der Waals surface area (Å²) in [7, 11) is 0. The van der Waals surface area contributed by atoms with Crippen LogP contribution in [0.1, 0.15) is 36.2 Å². The predicted octanol–water partition coefficient (Wildman–Crippen LogP) is 2.62. The Morgan fingerprint density at radius 1 is 1.57 bits per heavy atom. The lowest BCUT2D eigenvalue weighted by molar-refractivity contribution is 0.0407. The van der Waals surface area contributed by atoms with Gasteiger partial charge in [0, 0.05) is 4.88 Å². The molecule has 0 spiro atoms. The normalized spacial score (nSPS) is 29.4. The summed E-state index contributed by atoms with van der Waals surface area (Å²) >= 11 is 1.74. The zero-order valence-corrected chi connectivity index (χ0v) is 9.51. The third-order valence-corrected chi connectivity index (χ3v) is 3.99. The number of rotatable bonds is 2. The van der Waals surface area contributed by atoms with Gasteiger partial charge in [0.05, 0.1) is 18.2 Å². The van der Waals surface area contributed by atoms with Crippen molar-refractivity contribution in [2.24, 2.45) is 5.73 Å². The van der Waals surface area contributed by atoms with E-state index < -0.39 is 0 Å². The molecule has 2 heterocycles. The SMILES string of the molecule is Cc1ccsc1C(N)C1CCC(C)O1. The number of hydrogen-bond donors (Lipinski definition) is 1. The molecule has 0 bridgehead atoms. The number of ether oxygens (including phenoxy) is 1. The largest absolute Gasteiger partial charge is 0.373 e. The Bertz CT molecular complexity index is 310. The van der Waals surface area contributed by atoms with Crippen molar-refractivity contribution >= 4 is 11.3 Å². The summed E-state index contributed by atoms with van der Waals surface area (Å²) in [6.07, 6.45) is 2.84. The number of nitrogens with two attached hydrogens (primary N) is 1. The van der Waals surface area contributed by atoms with Crippen LogP contribution < -0.4 is 5.73 Å². The Labute approximate surface area is 89.1 Å². The van der Waals surface area contributed by atoms with Gasteiger partial charge in [0.25, 0.3) is 0 Å². The molecule has 2 rings (SSSR count). The van der Waals surface area contributed by atoms with E-state index >= 15 is 0 Å². The topological polar surface area (TPSA) is 35.2 Å². The fourth-order valence-corrected chi connectivity index (χ4v) is 2.97. The highest BCUT2D eigenvalue weighted by Gasteiger charge is 2.29. The minimum atomic E-state index is 0.0694. The van der Waals surface area contributed by atoms with E-state index in [1.807, 2.05) is 0 Å².